The second-order valence-electron chi connectivity index (χ2n) is 6.07. The van der Waals surface area contributed by atoms with Crippen LogP contribution in [-0.2, 0) is 38.1 Å². The molecule has 27 heavy (non-hydrogen) atoms. The van der Waals surface area contributed by atoms with Crippen LogP contribution < -0.4 is 0 Å². The van der Waals surface area contributed by atoms with Gasteiger partial charge in [-0.3, -0.25) is 19.2 Å². The predicted molar refractivity (Wildman–Crippen MR) is 96.2 cm³/mol. The van der Waals surface area contributed by atoms with Crippen molar-refractivity contribution in [3.05, 3.63) is 0 Å². The first kappa shape index (κ1) is 24.9. The maximum atomic E-state index is 11.4. The zero-order valence-electron chi connectivity index (χ0n) is 16.5. The van der Waals surface area contributed by atoms with Gasteiger partial charge in [-0.2, -0.15) is 0 Å². The van der Waals surface area contributed by atoms with E-state index >= 15 is 0 Å². The average molecular weight is 388 g/mol. The van der Waals surface area contributed by atoms with Gasteiger partial charge in [-0.05, 0) is 25.7 Å². The third kappa shape index (κ3) is 17.1. The Morgan fingerprint density at radius 1 is 0.481 bits per heavy atom. The quantitative estimate of drug-likeness (QED) is 0.225. The van der Waals surface area contributed by atoms with Gasteiger partial charge in [-0.15, -0.1) is 0 Å². The van der Waals surface area contributed by atoms with Gasteiger partial charge in [0.05, 0.1) is 0 Å². The van der Waals surface area contributed by atoms with Crippen molar-refractivity contribution >= 4 is 23.9 Å². The zero-order chi connectivity index (χ0) is 20.3. The Bertz CT molecular complexity index is 407. The number of carbonyl (C=O) groups excluding carboxylic acids is 4. The molecule has 0 aromatic heterocycles. The summed E-state index contributed by atoms with van der Waals surface area (Å²) < 4.78 is 19.1. The normalized spacial score (nSPS) is 10.1. The number of ether oxygens (including phenoxy) is 4. The van der Waals surface area contributed by atoms with Crippen molar-refractivity contribution in [1.29, 1.82) is 0 Å². The Labute approximate surface area is 160 Å². The lowest BCUT2D eigenvalue weighted by molar-refractivity contribution is -0.169. The summed E-state index contributed by atoms with van der Waals surface area (Å²) in [5.41, 5.74) is 0. The van der Waals surface area contributed by atoms with Crippen LogP contribution in [0, 0.1) is 0 Å². The van der Waals surface area contributed by atoms with Gasteiger partial charge < -0.3 is 18.9 Å². The van der Waals surface area contributed by atoms with Crippen LogP contribution in [0.1, 0.15) is 84.5 Å². The van der Waals surface area contributed by atoms with Gasteiger partial charge in [0.1, 0.15) is 0 Å². The van der Waals surface area contributed by atoms with Gasteiger partial charge in [0.2, 0.25) is 13.6 Å². The molecule has 0 fully saturated rings. The number of esters is 4. The molecule has 0 N–H and O–H groups in total. The molecule has 0 heterocycles. The van der Waals surface area contributed by atoms with Crippen molar-refractivity contribution in [2.45, 2.75) is 84.5 Å². The molecule has 0 rings (SSSR count). The SMILES string of the molecule is CCCC(=O)OCOC(=O)CCCCCCCC(=O)OCOC(=O)CCC. The fraction of sp³-hybridized carbons (Fsp3) is 0.789. The van der Waals surface area contributed by atoms with E-state index in [1.807, 2.05) is 13.8 Å². The minimum absolute atomic E-state index is 0.274. The summed E-state index contributed by atoms with van der Waals surface area (Å²) in [6, 6.07) is 0. The van der Waals surface area contributed by atoms with Gasteiger partial charge >= 0.3 is 23.9 Å². The lowest BCUT2D eigenvalue weighted by Gasteiger charge is -2.06. The molecule has 0 bridgehead atoms. The molecule has 156 valence electrons. The van der Waals surface area contributed by atoms with Gasteiger partial charge in [-0.1, -0.05) is 33.1 Å². The molecule has 0 aliphatic heterocycles. The number of rotatable bonds is 16. The van der Waals surface area contributed by atoms with E-state index in [0.29, 0.717) is 38.5 Å². The maximum Gasteiger partial charge on any atom is 0.308 e. The average Bonchev–Trinajstić information content (AvgIpc) is 2.61. The van der Waals surface area contributed by atoms with Crippen LogP contribution in [0.5, 0.6) is 0 Å². The van der Waals surface area contributed by atoms with Crippen molar-refractivity contribution < 1.29 is 38.1 Å². The van der Waals surface area contributed by atoms with Crippen LogP contribution in [0.4, 0.5) is 0 Å². The van der Waals surface area contributed by atoms with Crippen molar-refractivity contribution in [1.82, 2.24) is 0 Å². The summed E-state index contributed by atoms with van der Waals surface area (Å²) in [6.45, 7) is 3.07. The fourth-order valence-electron chi connectivity index (χ4n) is 2.09. The Balaban J connectivity index is 3.43. The molecule has 0 saturated heterocycles. The third-order valence-electron chi connectivity index (χ3n) is 3.55. The van der Waals surface area contributed by atoms with E-state index in [1.165, 1.54) is 0 Å². The first-order valence-electron chi connectivity index (χ1n) is 9.62. The summed E-state index contributed by atoms with van der Waals surface area (Å²) in [7, 11) is 0. The molecule has 0 aromatic carbocycles. The lowest BCUT2D eigenvalue weighted by Crippen LogP contribution is -2.12. The summed E-state index contributed by atoms with van der Waals surface area (Å²) in [5.74, 6) is -1.52. The van der Waals surface area contributed by atoms with E-state index in [4.69, 9.17) is 18.9 Å². The zero-order valence-corrected chi connectivity index (χ0v) is 16.5. The molecule has 0 aliphatic carbocycles. The second kappa shape index (κ2) is 17.3. The van der Waals surface area contributed by atoms with Crippen LogP contribution in [0.3, 0.4) is 0 Å². The van der Waals surface area contributed by atoms with Crippen LogP contribution in [0.2, 0.25) is 0 Å². The summed E-state index contributed by atoms with van der Waals surface area (Å²) in [5, 5.41) is 0. The fourth-order valence-corrected chi connectivity index (χ4v) is 2.09. The highest BCUT2D eigenvalue weighted by molar-refractivity contribution is 5.71. The molecule has 0 saturated carbocycles. The summed E-state index contributed by atoms with van der Waals surface area (Å²) in [6.07, 6.45) is 6.49. The van der Waals surface area contributed by atoms with Crippen LogP contribution in [0.25, 0.3) is 0 Å². The largest absolute Gasteiger partial charge is 0.428 e. The van der Waals surface area contributed by atoms with Crippen LogP contribution >= 0.6 is 0 Å². The lowest BCUT2D eigenvalue weighted by atomic mass is 10.1. The van der Waals surface area contributed by atoms with Crippen molar-refractivity contribution in [2.24, 2.45) is 0 Å². The predicted octanol–water partition coefficient (Wildman–Crippen LogP) is 3.41. The van der Waals surface area contributed by atoms with Gasteiger partial charge in [0.15, 0.2) is 0 Å². The van der Waals surface area contributed by atoms with Gasteiger partial charge in [-0.25, -0.2) is 0 Å². The molecular weight excluding hydrogens is 356 g/mol. The smallest absolute Gasteiger partial charge is 0.308 e. The molecule has 8 heteroatoms. The van der Waals surface area contributed by atoms with Gasteiger partial charge in [0.25, 0.3) is 0 Å². The third-order valence-corrected chi connectivity index (χ3v) is 3.55. The van der Waals surface area contributed by atoms with Crippen molar-refractivity contribution in [2.75, 3.05) is 13.6 Å². The first-order chi connectivity index (χ1) is 13.0. The highest BCUT2D eigenvalue weighted by Gasteiger charge is 2.07. The summed E-state index contributed by atoms with van der Waals surface area (Å²) >= 11 is 0. The topological polar surface area (TPSA) is 105 Å². The van der Waals surface area contributed by atoms with E-state index in [0.717, 1.165) is 19.3 Å². The molecule has 8 nitrogen and oxygen atoms in total. The molecule has 0 atom stereocenters. The first-order valence-corrected chi connectivity index (χ1v) is 9.62. The Kier molecular flexibility index (Phi) is 15.9. The highest BCUT2D eigenvalue weighted by atomic mass is 16.7. The minimum Gasteiger partial charge on any atom is -0.428 e. The number of unbranched alkanes of at least 4 members (excludes halogenated alkanes) is 4. The Morgan fingerprint density at radius 3 is 1.11 bits per heavy atom. The van der Waals surface area contributed by atoms with E-state index in [1.54, 1.807) is 0 Å². The highest BCUT2D eigenvalue weighted by Crippen LogP contribution is 2.08. The minimum atomic E-state index is -0.388. The van der Waals surface area contributed by atoms with Crippen molar-refractivity contribution in [3.8, 4) is 0 Å². The standard InChI is InChI=1S/C19H32O8/c1-3-10-16(20)24-14-26-18(22)12-8-6-5-7-9-13-19(23)27-15-25-17(21)11-4-2/h3-15H2,1-2H3. The van der Waals surface area contributed by atoms with Crippen molar-refractivity contribution in [3.63, 3.8) is 0 Å². The van der Waals surface area contributed by atoms with E-state index in [-0.39, 0.29) is 50.3 Å². The summed E-state index contributed by atoms with van der Waals surface area (Å²) in [4.78, 5) is 45.0. The molecule has 0 unspecified atom stereocenters. The molecule has 0 radical (unpaired) electrons. The molecule has 0 aliphatic rings. The molecule has 0 aromatic rings. The van der Waals surface area contributed by atoms with E-state index < -0.39 is 0 Å². The molecule has 0 amide bonds. The monoisotopic (exact) mass is 388 g/mol. The number of hydrogen-bond donors (Lipinski definition) is 0. The Hall–Kier alpha value is -2.12. The maximum absolute atomic E-state index is 11.4. The number of hydrogen-bond acceptors (Lipinski definition) is 8. The van der Waals surface area contributed by atoms with E-state index in [9.17, 15) is 19.2 Å². The number of carbonyl (C=O) groups is 4. The van der Waals surface area contributed by atoms with E-state index in [2.05, 4.69) is 0 Å². The van der Waals surface area contributed by atoms with Crippen LogP contribution in [0.15, 0.2) is 0 Å². The second-order valence-corrected chi connectivity index (χ2v) is 6.07. The van der Waals surface area contributed by atoms with Crippen LogP contribution in [-0.4, -0.2) is 37.5 Å². The molecular formula is C19H32O8. The Morgan fingerprint density at radius 2 is 0.778 bits per heavy atom. The van der Waals surface area contributed by atoms with Gasteiger partial charge in [0, 0.05) is 25.7 Å². The molecule has 0 spiro atoms.